The zero-order chi connectivity index (χ0) is 15.9. The van der Waals surface area contributed by atoms with Crippen molar-refractivity contribution in [2.45, 2.75) is 26.4 Å². The van der Waals surface area contributed by atoms with E-state index >= 15 is 0 Å². The number of carbonyl (C=O) groups excluding carboxylic acids is 2. The van der Waals surface area contributed by atoms with Crippen molar-refractivity contribution in [3.05, 3.63) is 46.2 Å². The Balaban J connectivity index is 2.05. The molecule has 2 heterocycles. The lowest BCUT2D eigenvalue weighted by Crippen LogP contribution is -2.52. The average molecular weight is 315 g/mol. The second-order valence-corrected chi connectivity index (χ2v) is 6.60. The number of thiophene rings is 1. The third-order valence-corrected chi connectivity index (χ3v) is 4.57. The molecule has 0 fully saturated rings. The molecule has 1 aromatic carbocycles. The summed E-state index contributed by atoms with van der Waals surface area (Å²) in [5, 5.41) is 1.87. The van der Waals surface area contributed by atoms with E-state index in [4.69, 9.17) is 4.74 Å². The zero-order valence-electron chi connectivity index (χ0n) is 12.8. The van der Waals surface area contributed by atoms with E-state index in [1.807, 2.05) is 18.4 Å². The molecule has 0 unspecified atom stereocenters. The Morgan fingerprint density at radius 2 is 2.09 bits per heavy atom. The van der Waals surface area contributed by atoms with E-state index in [1.165, 1.54) is 11.3 Å². The molecule has 1 aliphatic rings. The monoisotopic (exact) mass is 315 g/mol. The highest BCUT2D eigenvalue weighted by molar-refractivity contribution is 7.12. The summed E-state index contributed by atoms with van der Waals surface area (Å²) in [4.78, 5) is 27.3. The van der Waals surface area contributed by atoms with E-state index in [9.17, 15) is 9.59 Å². The average Bonchev–Trinajstić information content (AvgIpc) is 3.01. The van der Waals surface area contributed by atoms with Gasteiger partial charge in [-0.3, -0.25) is 9.59 Å². The van der Waals surface area contributed by atoms with Gasteiger partial charge in [-0.2, -0.15) is 0 Å². The van der Waals surface area contributed by atoms with Crippen LogP contribution < -0.4 is 9.64 Å². The molecule has 1 aromatic heterocycles. The summed E-state index contributed by atoms with van der Waals surface area (Å²) in [6, 6.07) is 8.92. The number of amides is 1. The third kappa shape index (κ3) is 2.31. The van der Waals surface area contributed by atoms with E-state index < -0.39 is 5.60 Å². The number of hydrogen-bond donors (Lipinski definition) is 0. The standard InChI is InChI=1S/C17H17NO3S/c1-4-18-12-10-11(15(19)14-6-5-9-22-14)7-8-13(12)21-17(2,3)16(18)20/h5-10H,4H2,1-3H3. The molecule has 114 valence electrons. The maximum atomic E-state index is 12.5. The van der Waals surface area contributed by atoms with Gasteiger partial charge < -0.3 is 9.64 Å². The van der Waals surface area contributed by atoms with Crippen LogP contribution in [0.2, 0.25) is 0 Å². The lowest BCUT2D eigenvalue weighted by molar-refractivity contribution is -0.132. The van der Waals surface area contributed by atoms with E-state index in [0.29, 0.717) is 28.4 Å². The number of likely N-dealkylation sites (N-methyl/N-ethyl adjacent to an activating group) is 1. The first kappa shape index (κ1) is 14.8. The molecular formula is C17H17NO3S. The second-order valence-electron chi connectivity index (χ2n) is 5.65. The van der Waals surface area contributed by atoms with Crippen LogP contribution in [0.1, 0.15) is 36.0 Å². The molecule has 22 heavy (non-hydrogen) atoms. The summed E-state index contributed by atoms with van der Waals surface area (Å²) in [6.45, 7) is 5.96. The molecule has 0 aliphatic carbocycles. The van der Waals surface area contributed by atoms with Gasteiger partial charge in [-0.15, -0.1) is 11.3 Å². The van der Waals surface area contributed by atoms with Crippen LogP contribution in [0, 0.1) is 0 Å². The Kier molecular flexibility index (Phi) is 3.53. The van der Waals surface area contributed by atoms with Crippen molar-refractivity contribution in [1.82, 2.24) is 0 Å². The van der Waals surface area contributed by atoms with Crippen LogP contribution in [0.5, 0.6) is 5.75 Å². The van der Waals surface area contributed by atoms with Crippen molar-refractivity contribution in [2.75, 3.05) is 11.4 Å². The molecule has 5 heteroatoms. The number of fused-ring (bicyclic) bond motifs is 1. The van der Waals surface area contributed by atoms with Gasteiger partial charge in [0, 0.05) is 12.1 Å². The van der Waals surface area contributed by atoms with E-state index in [2.05, 4.69) is 0 Å². The van der Waals surface area contributed by atoms with E-state index in [-0.39, 0.29) is 11.7 Å². The fourth-order valence-corrected chi connectivity index (χ4v) is 3.26. The molecule has 1 aliphatic heterocycles. The Morgan fingerprint density at radius 3 is 2.73 bits per heavy atom. The number of ketones is 1. The minimum atomic E-state index is -0.887. The molecule has 2 aromatic rings. The molecule has 0 saturated heterocycles. The lowest BCUT2D eigenvalue weighted by atomic mass is 10.0. The molecule has 0 N–H and O–H groups in total. The number of ether oxygens (including phenoxy) is 1. The van der Waals surface area contributed by atoms with Gasteiger partial charge in [0.15, 0.2) is 5.60 Å². The highest BCUT2D eigenvalue weighted by atomic mass is 32.1. The summed E-state index contributed by atoms with van der Waals surface area (Å²) in [5.41, 5.74) is 0.340. The molecule has 0 bridgehead atoms. The number of nitrogens with zero attached hydrogens (tertiary/aromatic N) is 1. The van der Waals surface area contributed by atoms with Crippen LogP contribution in [-0.2, 0) is 4.79 Å². The summed E-state index contributed by atoms with van der Waals surface area (Å²) in [6.07, 6.45) is 0. The Hall–Kier alpha value is -2.14. The first-order chi connectivity index (χ1) is 10.4. The van der Waals surface area contributed by atoms with Crippen molar-refractivity contribution in [2.24, 2.45) is 0 Å². The van der Waals surface area contributed by atoms with Gasteiger partial charge in [-0.05, 0) is 50.4 Å². The summed E-state index contributed by atoms with van der Waals surface area (Å²) >= 11 is 1.41. The molecule has 0 radical (unpaired) electrons. The van der Waals surface area contributed by atoms with Crippen LogP contribution >= 0.6 is 11.3 Å². The lowest BCUT2D eigenvalue weighted by Gasteiger charge is -2.38. The summed E-state index contributed by atoms with van der Waals surface area (Å²) < 4.78 is 5.79. The van der Waals surface area contributed by atoms with Gasteiger partial charge in [0.1, 0.15) is 5.75 Å². The fourth-order valence-electron chi connectivity index (χ4n) is 2.57. The second kappa shape index (κ2) is 5.25. The van der Waals surface area contributed by atoms with Gasteiger partial charge in [0.2, 0.25) is 5.78 Å². The predicted octanol–water partition coefficient (Wildman–Crippen LogP) is 3.50. The maximum absolute atomic E-state index is 12.5. The van der Waals surface area contributed by atoms with Gasteiger partial charge in [0.25, 0.3) is 5.91 Å². The van der Waals surface area contributed by atoms with E-state index in [1.54, 1.807) is 43.0 Å². The number of anilines is 1. The fraction of sp³-hybridized carbons (Fsp3) is 0.294. The number of carbonyl (C=O) groups is 2. The van der Waals surface area contributed by atoms with Crippen molar-refractivity contribution in [1.29, 1.82) is 0 Å². The van der Waals surface area contributed by atoms with Crippen molar-refractivity contribution < 1.29 is 14.3 Å². The normalized spacial score (nSPS) is 16.1. The van der Waals surface area contributed by atoms with Crippen molar-refractivity contribution in [3.63, 3.8) is 0 Å². The summed E-state index contributed by atoms with van der Waals surface area (Å²) in [7, 11) is 0. The minimum Gasteiger partial charge on any atom is -0.476 e. The number of rotatable bonds is 3. The van der Waals surface area contributed by atoms with Crippen molar-refractivity contribution >= 4 is 28.7 Å². The maximum Gasteiger partial charge on any atom is 0.270 e. The molecule has 1 amide bonds. The van der Waals surface area contributed by atoms with Crippen LogP contribution in [0.15, 0.2) is 35.7 Å². The topological polar surface area (TPSA) is 46.6 Å². The molecule has 0 atom stereocenters. The molecule has 0 saturated carbocycles. The highest BCUT2D eigenvalue weighted by Crippen LogP contribution is 2.38. The van der Waals surface area contributed by atoms with Gasteiger partial charge in [-0.1, -0.05) is 6.07 Å². The first-order valence-electron chi connectivity index (χ1n) is 7.17. The Bertz CT molecular complexity index is 734. The number of benzene rings is 1. The SMILES string of the molecule is CCN1C(=O)C(C)(C)Oc2ccc(C(=O)c3cccs3)cc21. The molecule has 4 nitrogen and oxygen atoms in total. The smallest absolute Gasteiger partial charge is 0.270 e. The quantitative estimate of drug-likeness (QED) is 0.814. The number of hydrogen-bond acceptors (Lipinski definition) is 4. The van der Waals surface area contributed by atoms with Crippen LogP contribution in [0.3, 0.4) is 0 Å². The zero-order valence-corrected chi connectivity index (χ0v) is 13.6. The largest absolute Gasteiger partial charge is 0.476 e. The highest BCUT2D eigenvalue weighted by Gasteiger charge is 2.40. The van der Waals surface area contributed by atoms with Gasteiger partial charge in [0.05, 0.1) is 10.6 Å². The predicted molar refractivity (Wildman–Crippen MR) is 86.9 cm³/mol. The van der Waals surface area contributed by atoms with E-state index in [0.717, 1.165) is 0 Å². The van der Waals surface area contributed by atoms with Crippen molar-refractivity contribution in [3.8, 4) is 5.75 Å². The van der Waals surface area contributed by atoms with Crippen LogP contribution in [-0.4, -0.2) is 23.8 Å². The van der Waals surface area contributed by atoms with Gasteiger partial charge in [-0.25, -0.2) is 0 Å². The third-order valence-electron chi connectivity index (χ3n) is 3.70. The minimum absolute atomic E-state index is 0.0360. The van der Waals surface area contributed by atoms with Gasteiger partial charge >= 0.3 is 0 Å². The first-order valence-corrected chi connectivity index (χ1v) is 8.05. The summed E-state index contributed by atoms with van der Waals surface area (Å²) in [5.74, 6) is 0.503. The Morgan fingerprint density at radius 1 is 1.32 bits per heavy atom. The van der Waals surface area contributed by atoms with Crippen LogP contribution in [0.4, 0.5) is 5.69 Å². The molecular weight excluding hydrogens is 298 g/mol. The van der Waals surface area contributed by atoms with Crippen LogP contribution in [0.25, 0.3) is 0 Å². The Labute approximate surface area is 133 Å². The molecule has 0 spiro atoms. The molecule has 3 rings (SSSR count).